The number of hydrogen-bond acceptors (Lipinski definition) is 5. The molecule has 7 heteroatoms. The maximum atomic E-state index is 4.40. The molecule has 2 aromatic rings. The summed E-state index contributed by atoms with van der Waals surface area (Å²) >= 11 is 0. The molecule has 0 aliphatic carbocycles. The van der Waals surface area contributed by atoms with E-state index < -0.39 is 0 Å². The summed E-state index contributed by atoms with van der Waals surface area (Å²) in [5.74, 6) is 1.75. The number of aliphatic imine (C=N–C) groups is 1. The first-order chi connectivity index (χ1) is 11.9. The molecule has 0 atom stereocenters. The summed E-state index contributed by atoms with van der Waals surface area (Å²) in [6.45, 7) is 4.42. The summed E-state index contributed by atoms with van der Waals surface area (Å²) in [5.41, 5.74) is 1.09. The van der Waals surface area contributed by atoms with Gasteiger partial charge in [0.05, 0.1) is 0 Å². The molecule has 0 amide bonds. The van der Waals surface area contributed by atoms with E-state index in [2.05, 4.69) is 35.1 Å². The van der Waals surface area contributed by atoms with Crippen molar-refractivity contribution >= 4 is 11.9 Å². The lowest BCUT2D eigenvalue weighted by atomic mass is 10.3. The number of piperazine rings is 1. The van der Waals surface area contributed by atoms with Crippen molar-refractivity contribution in [2.45, 2.75) is 6.42 Å². The Balaban J connectivity index is 1.47. The smallest absolute Gasteiger partial charge is 0.225 e. The lowest BCUT2D eigenvalue weighted by molar-refractivity contribution is 0.370. The van der Waals surface area contributed by atoms with Gasteiger partial charge in [0.15, 0.2) is 5.96 Å². The Morgan fingerprint density at radius 1 is 1.04 bits per heavy atom. The van der Waals surface area contributed by atoms with E-state index in [0.29, 0.717) is 0 Å². The zero-order chi connectivity index (χ0) is 16.6. The van der Waals surface area contributed by atoms with Crippen molar-refractivity contribution < 1.29 is 0 Å². The van der Waals surface area contributed by atoms with Crippen LogP contribution >= 0.6 is 0 Å². The maximum absolute atomic E-state index is 4.40. The van der Waals surface area contributed by atoms with Crippen LogP contribution in [0.3, 0.4) is 0 Å². The molecule has 7 nitrogen and oxygen atoms in total. The second-order valence-electron chi connectivity index (χ2n) is 5.57. The van der Waals surface area contributed by atoms with E-state index in [-0.39, 0.29) is 0 Å². The van der Waals surface area contributed by atoms with Crippen molar-refractivity contribution in [2.75, 3.05) is 44.7 Å². The highest BCUT2D eigenvalue weighted by molar-refractivity contribution is 5.80. The number of hydrogen-bond donors (Lipinski definition) is 1. The minimum atomic E-state index is 0.801. The molecular formula is C17H23N7. The minimum Gasteiger partial charge on any atom is -0.356 e. The van der Waals surface area contributed by atoms with E-state index in [9.17, 15) is 0 Å². The Morgan fingerprint density at radius 3 is 2.46 bits per heavy atom. The first kappa shape index (κ1) is 16.2. The Hall–Kier alpha value is -2.70. The van der Waals surface area contributed by atoms with Crippen LogP contribution in [-0.4, -0.2) is 65.6 Å². The Kier molecular flexibility index (Phi) is 5.55. The monoisotopic (exact) mass is 325 g/mol. The zero-order valence-corrected chi connectivity index (χ0v) is 14.0. The van der Waals surface area contributed by atoms with E-state index in [4.69, 9.17) is 0 Å². The minimum absolute atomic E-state index is 0.801. The van der Waals surface area contributed by atoms with Gasteiger partial charge in [-0.05, 0) is 18.2 Å². The van der Waals surface area contributed by atoms with E-state index in [1.54, 1.807) is 12.4 Å². The predicted molar refractivity (Wildman–Crippen MR) is 95.1 cm³/mol. The molecule has 24 heavy (non-hydrogen) atoms. The van der Waals surface area contributed by atoms with Crippen LogP contribution in [0.5, 0.6) is 0 Å². The highest BCUT2D eigenvalue weighted by Crippen LogP contribution is 2.09. The number of pyridine rings is 1. The summed E-state index contributed by atoms with van der Waals surface area (Å²) in [6.07, 6.45) is 6.28. The fourth-order valence-corrected chi connectivity index (χ4v) is 2.75. The maximum Gasteiger partial charge on any atom is 0.225 e. The molecule has 1 aliphatic heterocycles. The lowest BCUT2D eigenvalue weighted by Crippen LogP contribution is -2.53. The molecule has 0 bridgehead atoms. The molecule has 1 N–H and O–H groups in total. The third kappa shape index (κ3) is 4.18. The van der Waals surface area contributed by atoms with Crippen molar-refractivity contribution in [3.63, 3.8) is 0 Å². The first-order valence-corrected chi connectivity index (χ1v) is 8.24. The summed E-state index contributed by atoms with van der Waals surface area (Å²) < 4.78 is 0. The SMILES string of the molecule is CN=C(NCCc1ccccn1)N1CCN(c2ncccn2)CC1. The number of anilines is 1. The number of rotatable bonds is 4. The fourth-order valence-electron chi connectivity index (χ4n) is 2.75. The van der Waals surface area contributed by atoms with Crippen molar-refractivity contribution in [1.82, 2.24) is 25.2 Å². The molecule has 0 radical (unpaired) electrons. The molecular weight excluding hydrogens is 302 g/mol. The fraction of sp³-hybridized carbons (Fsp3) is 0.412. The highest BCUT2D eigenvalue weighted by atomic mass is 15.4. The molecule has 3 rings (SSSR count). The van der Waals surface area contributed by atoms with Crippen LogP contribution in [0.4, 0.5) is 5.95 Å². The average molecular weight is 325 g/mol. The van der Waals surface area contributed by atoms with E-state index >= 15 is 0 Å². The van der Waals surface area contributed by atoms with Gasteiger partial charge in [-0.15, -0.1) is 0 Å². The van der Waals surface area contributed by atoms with Crippen LogP contribution < -0.4 is 10.2 Å². The molecule has 1 fully saturated rings. The molecule has 1 saturated heterocycles. The van der Waals surface area contributed by atoms with Gasteiger partial charge in [0.25, 0.3) is 0 Å². The van der Waals surface area contributed by atoms with Crippen LogP contribution in [0.2, 0.25) is 0 Å². The van der Waals surface area contributed by atoms with Gasteiger partial charge >= 0.3 is 0 Å². The van der Waals surface area contributed by atoms with Crippen LogP contribution in [0.1, 0.15) is 5.69 Å². The van der Waals surface area contributed by atoms with E-state index in [1.165, 1.54) is 0 Å². The van der Waals surface area contributed by atoms with Crippen molar-refractivity contribution in [3.05, 3.63) is 48.5 Å². The standard InChI is InChI=1S/C17H23N7/c1-18-16(22-10-6-15-5-2-3-7-19-15)23-11-13-24(14-12-23)17-20-8-4-9-21-17/h2-5,7-9H,6,10-14H2,1H3,(H,18,22). The van der Waals surface area contributed by atoms with Gasteiger partial charge in [-0.2, -0.15) is 0 Å². The number of aromatic nitrogens is 3. The predicted octanol–water partition coefficient (Wildman–Crippen LogP) is 0.812. The third-order valence-corrected chi connectivity index (χ3v) is 4.02. The third-order valence-electron chi connectivity index (χ3n) is 4.02. The first-order valence-electron chi connectivity index (χ1n) is 8.24. The lowest BCUT2D eigenvalue weighted by Gasteiger charge is -2.36. The number of guanidine groups is 1. The normalized spacial score (nSPS) is 15.5. The van der Waals surface area contributed by atoms with Gasteiger partial charge in [0.2, 0.25) is 5.95 Å². The van der Waals surface area contributed by atoms with Gasteiger partial charge in [-0.25, -0.2) is 9.97 Å². The van der Waals surface area contributed by atoms with Crippen molar-refractivity contribution in [1.29, 1.82) is 0 Å². The van der Waals surface area contributed by atoms with Crippen LogP contribution in [0.15, 0.2) is 47.8 Å². The molecule has 126 valence electrons. The van der Waals surface area contributed by atoms with Crippen molar-refractivity contribution in [3.8, 4) is 0 Å². The van der Waals surface area contributed by atoms with Gasteiger partial charge in [0.1, 0.15) is 0 Å². The van der Waals surface area contributed by atoms with E-state index in [1.807, 2.05) is 37.5 Å². The molecule has 0 aromatic carbocycles. The highest BCUT2D eigenvalue weighted by Gasteiger charge is 2.20. The largest absolute Gasteiger partial charge is 0.356 e. The molecule has 0 spiro atoms. The Morgan fingerprint density at radius 2 is 1.79 bits per heavy atom. The summed E-state index contributed by atoms with van der Waals surface area (Å²) in [4.78, 5) is 21.9. The quantitative estimate of drug-likeness (QED) is 0.663. The second-order valence-corrected chi connectivity index (χ2v) is 5.57. The zero-order valence-electron chi connectivity index (χ0n) is 14.0. The molecule has 1 aliphatic rings. The van der Waals surface area contributed by atoms with Gasteiger partial charge in [-0.1, -0.05) is 6.07 Å². The molecule has 3 heterocycles. The Labute approximate surface area is 142 Å². The van der Waals surface area contributed by atoms with Gasteiger partial charge in [-0.3, -0.25) is 9.98 Å². The molecule has 2 aromatic heterocycles. The van der Waals surface area contributed by atoms with Gasteiger partial charge in [0, 0.05) is 70.5 Å². The van der Waals surface area contributed by atoms with Crippen LogP contribution in [0.25, 0.3) is 0 Å². The molecule has 0 saturated carbocycles. The average Bonchev–Trinajstić information content (AvgIpc) is 2.67. The summed E-state index contributed by atoms with van der Waals surface area (Å²) in [7, 11) is 1.83. The molecule has 0 unspecified atom stereocenters. The summed E-state index contributed by atoms with van der Waals surface area (Å²) in [5, 5.41) is 3.43. The topological polar surface area (TPSA) is 69.5 Å². The number of nitrogens with zero attached hydrogens (tertiary/aromatic N) is 6. The van der Waals surface area contributed by atoms with Crippen molar-refractivity contribution in [2.24, 2.45) is 4.99 Å². The van der Waals surface area contributed by atoms with Crippen LogP contribution in [-0.2, 0) is 6.42 Å². The Bertz CT molecular complexity index is 637. The van der Waals surface area contributed by atoms with Gasteiger partial charge < -0.3 is 15.1 Å². The summed E-state index contributed by atoms with van der Waals surface area (Å²) in [6, 6.07) is 7.84. The van der Waals surface area contributed by atoms with Crippen LogP contribution in [0, 0.1) is 0 Å². The second kappa shape index (κ2) is 8.24. The number of nitrogens with one attached hydrogen (secondary N) is 1. The van der Waals surface area contributed by atoms with E-state index in [0.717, 1.165) is 56.7 Å².